The smallest absolute Gasteiger partial charge is 0.0212 e. The van der Waals surface area contributed by atoms with Crippen LogP contribution in [0, 0.1) is 5.92 Å². The van der Waals surface area contributed by atoms with Crippen LogP contribution in [0.3, 0.4) is 0 Å². The van der Waals surface area contributed by atoms with Crippen molar-refractivity contribution >= 4 is 0 Å². The molecule has 0 aliphatic rings. The van der Waals surface area contributed by atoms with Crippen LogP contribution in [0.2, 0.25) is 0 Å². The third-order valence-electron chi connectivity index (χ3n) is 1.63. The molecule has 2 heteroatoms. The first-order chi connectivity index (χ1) is 4.70. The Hall–Kier alpha value is -0.0800. The Kier molecular flexibility index (Phi) is 5.64. The van der Waals surface area contributed by atoms with E-state index in [0.29, 0.717) is 6.04 Å². The minimum Gasteiger partial charge on any atom is -0.271 e. The fourth-order valence-corrected chi connectivity index (χ4v) is 1.19. The molecule has 0 fully saturated rings. The van der Waals surface area contributed by atoms with E-state index >= 15 is 0 Å². The average molecular weight is 144 g/mol. The van der Waals surface area contributed by atoms with Gasteiger partial charge in [-0.2, -0.15) is 0 Å². The van der Waals surface area contributed by atoms with Crippen LogP contribution in [0.1, 0.15) is 40.0 Å². The summed E-state index contributed by atoms with van der Waals surface area (Å²) in [6.45, 7) is 6.63. The summed E-state index contributed by atoms with van der Waals surface area (Å²) in [5.74, 6) is 6.10. The van der Waals surface area contributed by atoms with Gasteiger partial charge < -0.3 is 0 Å². The molecule has 0 aromatic rings. The number of nitrogens with two attached hydrogens (primary N) is 1. The standard InChI is InChI=1S/C8H20N2/c1-4-5-8(10-9)6-7(2)3/h7-8,10H,4-6,9H2,1-3H3/t8-/m0/s1. The number of rotatable bonds is 5. The van der Waals surface area contributed by atoms with Gasteiger partial charge in [0, 0.05) is 6.04 Å². The molecule has 3 N–H and O–H groups in total. The second-order valence-corrected chi connectivity index (χ2v) is 3.28. The van der Waals surface area contributed by atoms with Gasteiger partial charge in [0.1, 0.15) is 0 Å². The lowest BCUT2D eigenvalue weighted by Gasteiger charge is -2.16. The van der Waals surface area contributed by atoms with Gasteiger partial charge >= 0.3 is 0 Å². The Morgan fingerprint density at radius 1 is 1.40 bits per heavy atom. The minimum absolute atomic E-state index is 0.519. The van der Waals surface area contributed by atoms with Crippen LogP contribution in [0.25, 0.3) is 0 Å². The van der Waals surface area contributed by atoms with Crippen LogP contribution in [-0.4, -0.2) is 6.04 Å². The molecule has 0 aliphatic heterocycles. The van der Waals surface area contributed by atoms with Crippen molar-refractivity contribution in [1.82, 2.24) is 5.43 Å². The van der Waals surface area contributed by atoms with Gasteiger partial charge in [-0.1, -0.05) is 27.2 Å². The highest BCUT2D eigenvalue weighted by Crippen LogP contribution is 2.08. The van der Waals surface area contributed by atoms with Gasteiger partial charge in [0.05, 0.1) is 0 Å². The van der Waals surface area contributed by atoms with E-state index in [1.165, 1.54) is 19.3 Å². The van der Waals surface area contributed by atoms with Crippen molar-refractivity contribution in [3.05, 3.63) is 0 Å². The number of hydrogen-bond donors (Lipinski definition) is 2. The Balaban J connectivity index is 3.39. The van der Waals surface area contributed by atoms with Gasteiger partial charge in [-0.15, -0.1) is 0 Å². The lowest BCUT2D eigenvalue weighted by molar-refractivity contribution is 0.402. The molecule has 62 valence electrons. The molecule has 0 aromatic heterocycles. The maximum Gasteiger partial charge on any atom is 0.0212 e. The van der Waals surface area contributed by atoms with Crippen molar-refractivity contribution in [2.45, 2.75) is 46.1 Å². The van der Waals surface area contributed by atoms with E-state index in [1.54, 1.807) is 0 Å². The summed E-state index contributed by atoms with van der Waals surface area (Å²) in [6.07, 6.45) is 3.58. The van der Waals surface area contributed by atoms with E-state index in [1.807, 2.05) is 0 Å². The van der Waals surface area contributed by atoms with Crippen LogP contribution < -0.4 is 11.3 Å². The monoisotopic (exact) mass is 144 g/mol. The highest BCUT2D eigenvalue weighted by Gasteiger charge is 2.06. The van der Waals surface area contributed by atoms with Crippen LogP contribution in [0.15, 0.2) is 0 Å². The van der Waals surface area contributed by atoms with Gasteiger partial charge in [-0.3, -0.25) is 11.3 Å². The molecule has 0 saturated carbocycles. The Morgan fingerprint density at radius 2 is 2.00 bits per heavy atom. The molecule has 0 bridgehead atoms. The fourth-order valence-electron chi connectivity index (χ4n) is 1.19. The van der Waals surface area contributed by atoms with E-state index < -0.39 is 0 Å². The molecule has 0 rings (SSSR count). The van der Waals surface area contributed by atoms with Crippen molar-refractivity contribution in [1.29, 1.82) is 0 Å². The molecule has 2 nitrogen and oxygen atoms in total. The average Bonchev–Trinajstić information content (AvgIpc) is 1.86. The number of hydrazine groups is 1. The molecule has 0 radical (unpaired) electrons. The van der Waals surface area contributed by atoms with Crippen molar-refractivity contribution in [3.8, 4) is 0 Å². The molecule has 1 atom stereocenters. The van der Waals surface area contributed by atoms with Gasteiger partial charge in [-0.25, -0.2) is 0 Å². The van der Waals surface area contributed by atoms with E-state index in [9.17, 15) is 0 Å². The molecule has 0 saturated heterocycles. The lowest BCUT2D eigenvalue weighted by atomic mass is 10.0. The molecule has 0 amide bonds. The Morgan fingerprint density at radius 3 is 2.30 bits per heavy atom. The quantitative estimate of drug-likeness (QED) is 0.455. The van der Waals surface area contributed by atoms with Crippen molar-refractivity contribution in [3.63, 3.8) is 0 Å². The number of nitrogens with one attached hydrogen (secondary N) is 1. The third-order valence-corrected chi connectivity index (χ3v) is 1.63. The van der Waals surface area contributed by atoms with Crippen molar-refractivity contribution in [2.24, 2.45) is 11.8 Å². The molecule has 0 aromatic carbocycles. The Labute approximate surface area is 64.2 Å². The topological polar surface area (TPSA) is 38.0 Å². The van der Waals surface area contributed by atoms with E-state index in [2.05, 4.69) is 26.2 Å². The van der Waals surface area contributed by atoms with Gasteiger partial charge in [0.15, 0.2) is 0 Å². The summed E-state index contributed by atoms with van der Waals surface area (Å²) < 4.78 is 0. The van der Waals surface area contributed by atoms with Crippen molar-refractivity contribution in [2.75, 3.05) is 0 Å². The molecule has 0 unspecified atom stereocenters. The van der Waals surface area contributed by atoms with E-state index in [-0.39, 0.29) is 0 Å². The molecular formula is C8H20N2. The fraction of sp³-hybridized carbons (Fsp3) is 1.00. The molecule has 0 spiro atoms. The molecular weight excluding hydrogens is 124 g/mol. The third kappa shape index (κ3) is 4.77. The first-order valence-electron chi connectivity index (χ1n) is 4.16. The lowest BCUT2D eigenvalue weighted by Crippen LogP contribution is -2.35. The normalized spacial score (nSPS) is 14.1. The summed E-state index contributed by atoms with van der Waals surface area (Å²) in [7, 11) is 0. The summed E-state index contributed by atoms with van der Waals surface area (Å²) in [4.78, 5) is 0. The first-order valence-corrected chi connectivity index (χ1v) is 4.16. The first kappa shape index (κ1) is 9.92. The zero-order chi connectivity index (χ0) is 7.98. The second kappa shape index (κ2) is 5.69. The van der Waals surface area contributed by atoms with Crippen LogP contribution in [0.4, 0.5) is 0 Å². The van der Waals surface area contributed by atoms with E-state index in [0.717, 1.165) is 5.92 Å². The summed E-state index contributed by atoms with van der Waals surface area (Å²) in [6, 6.07) is 0.519. The van der Waals surface area contributed by atoms with Gasteiger partial charge in [0.25, 0.3) is 0 Å². The molecule has 0 aliphatic carbocycles. The predicted molar refractivity (Wildman–Crippen MR) is 45.5 cm³/mol. The maximum atomic E-state index is 5.36. The molecule has 0 heterocycles. The maximum absolute atomic E-state index is 5.36. The van der Waals surface area contributed by atoms with Gasteiger partial charge in [-0.05, 0) is 18.8 Å². The predicted octanol–water partition coefficient (Wildman–Crippen LogP) is 1.66. The van der Waals surface area contributed by atoms with Crippen LogP contribution in [0.5, 0.6) is 0 Å². The summed E-state index contributed by atoms with van der Waals surface area (Å²) in [5, 5.41) is 0. The SMILES string of the molecule is CCC[C@@H](CC(C)C)NN. The summed E-state index contributed by atoms with van der Waals surface area (Å²) >= 11 is 0. The minimum atomic E-state index is 0.519. The zero-order valence-corrected chi connectivity index (χ0v) is 7.35. The van der Waals surface area contributed by atoms with Gasteiger partial charge in [0.2, 0.25) is 0 Å². The zero-order valence-electron chi connectivity index (χ0n) is 7.35. The van der Waals surface area contributed by atoms with Crippen molar-refractivity contribution < 1.29 is 0 Å². The number of hydrogen-bond acceptors (Lipinski definition) is 2. The Bertz CT molecular complexity index is 71.7. The largest absolute Gasteiger partial charge is 0.271 e. The van der Waals surface area contributed by atoms with Crippen LogP contribution in [-0.2, 0) is 0 Å². The highest BCUT2D eigenvalue weighted by atomic mass is 15.2. The summed E-state index contributed by atoms with van der Waals surface area (Å²) in [5.41, 5.74) is 2.83. The van der Waals surface area contributed by atoms with Crippen LogP contribution >= 0.6 is 0 Å². The second-order valence-electron chi connectivity index (χ2n) is 3.28. The van der Waals surface area contributed by atoms with E-state index in [4.69, 9.17) is 5.84 Å². The highest BCUT2D eigenvalue weighted by molar-refractivity contribution is 4.63. The molecule has 10 heavy (non-hydrogen) atoms.